The molecule has 0 aliphatic heterocycles. The molecule has 13 heavy (non-hydrogen) atoms. The fraction of sp³-hybridized carbons (Fsp3) is 0.500. The number of carboxylic acids is 1. The molecular formula is C8H12N2O3. The van der Waals surface area contributed by atoms with Gasteiger partial charge in [0.15, 0.2) is 6.39 Å². The first-order valence-corrected chi connectivity index (χ1v) is 4.01. The number of oxazole rings is 1. The van der Waals surface area contributed by atoms with Crippen molar-refractivity contribution in [3.8, 4) is 0 Å². The molecule has 5 nitrogen and oxygen atoms in total. The number of hydrogen-bond donors (Lipinski definition) is 2. The molecule has 1 rings (SSSR count). The maximum atomic E-state index is 10.2. The molecule has 0 aromatic carbocycles. The summed E-state index contributed by atoms with van der Waals surface area (Å²) in [4.78, 5) is 14.1. The van der Waals surface area contributed by atoms with Crippen LogP contribution in [0.3, 0.4) is 0 Å². The normalized spacial score (nSPS) is 10.2. The van der Waals surface area contributed by atoms with Gasteiger partial charge in [0.05, 0.1) is 12.1 Å². The number of hydrogen-bond acceptors (Lipinski definition) is 4. The molecule has 0 aliphatic rings. The monoisotopic (exact) mass is 184 g/mol. The Bertz CT molecular complexity index is 283. The largest absolute Gasteiger partial charge is 0.481 e. The van der Waals surface area contributed by atoms with Crippen molar-refractivity contribution in [2.45, 2.75) is 19.9 Å². The van der Waals surface area contributed by atoms with E-state index in [0.717, 1.165) is 11.5 Å². The van der Waals surface area contributed by atoms with Gasteiger partial charge in [-0.15, -0.1) is 0 Å². The zero-order valence-corrected chi connectivity index (χ0v) is 7.41. The third kappa shape index (κ3) is 3.25. The molecule has 0 radical (unpaired) electrons. The summed E-state index contributed by atoms with van der Waals surface area (Å²) < 4.78 is 4.98. The highest BCUT2D eigenvalue weighted by Crippen LogP contribution is 2.02. The van der Waals surface area contributed by atoms with Crippen LogP contribution in [0.5, 0.6) is 0 Å². The van der Waals surface area contributed by atoms with Crippen LogP contribution in [0.25, 0.3) is 0 Å². The lowest BCUT2D eigenvalue weighted by molar-refractivity contribution is -0.136. The minimum Gasteiger partial charge on any atom is -0.481 e. The summed E-state index contributed by atoms with van der Waals surface area (Å²) in [7, 11) is 0. The first kappa shape index (κ1) is 9.73. The summed E-state index contributed by atoms with van der Waals surface area (Å²) in [6, 6.07) is 0. The topological polar surface area (TPSA) is 75.4 Å². The second-order valence-electron chi connectivity index (χ2n) is 2.68. The van der Waals surface area contributed by atoms with E-state index in [1.165, 1.54) is 6.39 Å². The third-order valence-corrected chi connectivity index (χ3v) is 1.65. The Balaban J connectivity index is 2.20. The molecule has 0 amide bonds. The first-order chi connectivity index (χ1) is 6.20. The predicted octanol–water partition coefficient (Wildman–Crippen LogP) is 0.547. The second kappa shape index (κ2) is 4.61. The Morgan fingerprint density at radius 3 is 3.08 bits per heavy atom. The smallest absolute Gasteiger partial charge is 0.304 e. The summed E-state index contributed by atoms with van der Waals surface area (Å²) in [5, 5.41) is 11.3. The molecule has 2 N–H and O–H groups in total. The summed E-state index contributed by atoms with van der Waals surface area (Å²) in [5.41, 5.74) is 0.824. The van der Waals surface area contributed by atoms with Crippen LogP contribution in [-0.2, 0) is 11.3 Å². The highest BCUT2D eigenvalue weighted by atomic mass is 16.4. The van der Waals surface area contributed by atoms with E-state index < -0.39 is 5.97 Å². The zero-order valence-electron chi connectivity index (χ0n) is 7.41. The van der Waals surface area contributed by atoms with Crippen LogP contribution in [0.4, 0.5) is 0 Å². The van der Waals surface area contributed by atoms with Gasteiger partial charge < -0.3 is 14.8 Å². The molecular weight excluding hydrogens is 172 g/mol. The first-order valence-electron chi connectivity index (χ1n) is 4.01. The molecule has 0 aliphatic carbocycles. The highest BCUT2D eigenvalue weighted by Gasteiger charge is 2.02. The van der Waals surface area contributed by atoms with E-state index in [9.17, 15) is 4.79 Å². The lowest BCUT2D eigenvalue weighted by Gasteiger charge is -1.99. The Labute approximate surface area is 75.8 Å². The second-order valence-corrected chi connectivity index (χ2v) is 2.68. The number of aryl methyl sites for hydroxylation is 1. The van der Waals surface area contributed by atoms with Crippen molar-refractivity contribution in [1.82, 2.24) is 10.3 Å². The van der Waals surface area contributed by atoms with Gasteiger partial charge in [0.2, 0.25) is 0 Å². The molecule has 0 fully saturated rings. The summed E-state index contributed by atoms with van der Waals surface area (Å²) in [5.74, 6) is -0.0350. The van der Waals surface area contributed by atoms with E-state index in [0.29, 0.717) is 13.1 Å². The van der Waals surface area contributed by atoms with E-state index in [2.05, 4.69) is 10.3 Å². The molecule has 1 aromatic heterocycles. The van der Waals surface area contributed by atoms with E-state index in [-0.39, 0.29) is 6.42 Å². The maximum Gasteiger partial charge on any atom is 0.304 e. The lowest BCUT2D eigenvalue weighted by Crippen LogP contribution is -2.18. The molecule has 72 valence electrons. The zero-order chi connectivity index (χ0) is 9.68. The summed E-state index contributed by atoms with van der Waals surface area (Å²) >= 11 is 0. The van der Waals surface area contributed by atoms with Gasteiger partial charge in [-0.1, -0.05) is 0 Å². The van der Waals surface area contributed by atoms with Crippen molar-refractivity contribution >= 4 is 5.97 Å². The highest BCUT2D eigenvalue weighted by molar-refractivity contribution is 5.66. The van der Waals surface area contributed by atoms with Crippen LogP contribution in [0.2, 0.25) is 0 Å². The van der Waals surface area contributed by atoms with Gasteiger partial charge in [0.1, 0.15) is 5.76 Å². The standard InChI is InChI=1S/C8H12N2O3/c1-6-7(10-5-13-6)4-9-3-2-8(11)12/h5,9H,2-4H2,1H3,(H,11,12). The van der Waals surface area contributed by atoms with Crippen LogP contribution >= 0.6 is 0 Å². The molecule has 1 heterocycles. The van der Waals surface area contributed by atoms with Crippen molar-refractivity contribution in [1.29, 1.82) is 0 Å². The Kier molecular flexibility index (Phi) is 3.45. The van der Waals surface area contributed by atoms with E-state index in [1.54, 1.807) is 0 Å². The molecule has 1 aromatic rings. The van der Waals surface area contributed by atoms with E-state index >= 15 is 0 Å². The van der Waals surface area contributed by atoms with Crippen LogP contribution in [0, 0.1) is 6.92 Å². The summed E-state index contributed by atoms with van der Waals surface area (Å²) in [6.07, 6.45) is 1.50. The number of nitrogens with one attached hydrogen (secondary N) is 1. The molecule has 0 spiro atoms. The Hall–Kier alpha value is -1.36. The van der Waals surface area contributed by atoms with Gasteiger partial charge in [0, 0.05) is 13.1 Å². The van der Waals surface area contributed by atoms with Crippen molar-refractivity contribution in [3.63, 3.8) is 0 Å². The minimum atomic E-state index is -0.802. The van der Waals surface area contributed by atoms with Gasteiger partial charge in [0.25, 0.3) is 0 Å². The molecule has 0 saturated heterocycles. The molecule has 0 unspecified atom stereocenters. The maximum absolute atomic E-state index is 10.2. The third-order valence-electron chi connectivity index (χ3n) is 1.65. The molecule has 0 bridgehead atoms. The fourth-order valence-electron chi connectivity index (χ4n) is 0.900. The van der Waals surface area contributed by atoms with Crippen molar-refractivity contribution in [3.05, 3.63) is 17.8 Å². The van der Waals surface area contributed by atoms with Crippen LogP contribution in [-0.4, -0.2) is 22.6 Å². The van der Waals surface area contributed by atoms with Gasteiger partial charge in [-0.25, -0.2) is 4.98 Å². The quantitative estimate of drug-likeness (QED) is 0.653. The van der Waals surface area contributed by atoms with Crippen LogP contribution in [0.15, 0.2) is 10.8 Å². The fourth-order valence-corrected chi connectivity index (χ4v) is 0.900. The van der Waals surface area contributed by atoms with Crippen LogP contribution < -0.4 is 5.32 Å². The van der Waals surface area contributed by atoms with Gasteiger partial charge in [-0.05, 0) is 6.92 Å². The Morgan fingerprint density at radius 2 is 2.54 bits per heavy atom. The minimum absolute atomic E-state index is 0.122. The number of carboxylic acid groups (broad SMARTS) is 1. The number of nitrogens with zero attached hydrogens (tertiary/aromatic N) is 1. The van der Waals surface area contributed by atoms with Crippen molar-refractivity contribution in [2.75, 3.05) is 6.54 Å². The molecule has 5 heteroatoms. The van der Waals surface area contributed by atoms with E-state index in [1.807, 2.05) is 6.92 Å². The van der Waals surface area contributed by atoms with Crippen molar-refractivity contribution < 1.29 is 14.3 Å². The predicted molar refractivity (Wildman–Crippen MR) is 45.2 cm³/mol. The number of aliphatic carboxylic acids is 1. The van der Waals surface area contributed by atoms with Crippen molar-refractivity contribution in [2.24, 2.45) is 0 Å². The Morgan fingerprint density at radius 1 is 1.77 bits per heavy atom. The van der Waals surface area contributed by atoms with Gasteiger partial charge in [-0.3, -0.25) is 4.79 Å². The van der Waals surface area contributed by atoms with Gasteiger partial charge >= 0.3 is 5.97 Å². The number of rotatable bonds is 5. The molecule has 0 saturated carbocycles. The van der Waals surface area contributed by atoms with Crippen LogP contribution in [0.1, 0.15) is 17.9 Å². The number of aromatic nitrogens is 1. The molecule has 0 atom stereocenters. The average Bonchev–Trinajstić information content (AvgIpc) is 2.45. The van der Waals surface area contributed by atoms with E-state index in [4.69, 9.17) is 9.52 Å². The van der Waals surface area contributed by atoms with Gasteiger partial charge in [-0.2, -0.15) is 0 Å². The lowest BCUT2D eigenvalue weighted by atomic mass is 10.3. The average molecular weight is 184 g/mol. The SMILES string of the molecule is Cc1ocnc1CNCCC(=O)O. The summed E-state index contributed by atoms with van der Waals surface area (Å²) in [6.45, 7) is 2.82. The number of carbonyl (C=O) groups is 1.